The Bertz CT molecular complexity index is 642. The van der Waals surface area contributed by atoms with Crippen LogP contribution in [-0.4, -0.2) is 6.29 Å². The second kappa shape index (κ2) is 5.72. The Morgan fingerprint density at radius 2 is 1.57 bits per heavy atom. The minimum Gasteiger partial charge on any atom is -0.303 e. The molecular formula is C17H15F3O. The highest BCUT2D eigenvalue weighted by Gasteiger charge is 2.29. The van der Waals surface area contributed by atoms with E-state index in [1.54, 1.807) is 0 Å². The summed E-state index contributed by atoms with van der Waals surface area (Å²) in [6.07, 6.45) is -3.45. The van der Waals surface area contributed by atoms with E-state index in [1.165, 1.54) is 12.1 Å². The summed E-state index contributed by atoms with van der Waals surface area (Å²) >= 11 is 0. The van der Waals surface area contributed by atoms with E-state index >= 15 is 0 Å². The summed E-state index contributed by atoms with van der Waals surface area (Å²) in [6, 6.07) is 10.6. The summed E-state index contributed by atoms with van der Waals surface area (Å²) in [5, 5.41) is 0. The van der Waals surface area contributed by atoms with Crippen molar-refractivity contribution >= 4 is 6.29 Å². The molecule has 1 unspecified atom stereocenters. The van der Waals surface area contributed by atoms with Gasteiger partial charge in [-0.3, -0.25) is 0 Å². The Hall–Kier alpha value is -2.10. The summed E-state index contributed by atoms with van der Waals surface area (Å²) in [4.78, 5) is 10.8. The van der Waals surface area contributed by atoms with Gasteiger partial charge in [0.25, 0.3) is 0 Å². The molecule has 4 heteroatoms. The lowest BCUT2D eigenvalue weighted by atomic mass is 9.93. The van der Waals surface area contributed by atoms with Crippen LogP contribution < -0.4 is 0 Å². The molecule has 0 aromatic heterocycles. The molecular weight excluding hydrogens is 277 g/mol. The number of aldehydes is 1. The molecule has 0 radical (unpaired) electrons. The summed E-state index contributed by atoms with van der Waals surface area (Å²) in [6.45, 7) is 3.70. The molecule has 0 aliphatic heterocycles. The molecule has 2 aromatic rings. The lowest BCUT2D eigenvalue weighted by Gasteiger charge is -2.12. The van der Waals surface area contributed by atoms with Crippen LogP contribution >= 0.6 is 0 Å². The standard InChI is InChI=1S/C17H15F3O/c1-11-9-14(5-8-16(11)12(2)10-21)13-3-6-15(7-4-13)17(18,19)20/h3-10,12H,1-2H3. The van der Waals surface area contributed by atoms with Gasteiger partial charge in [-0.25, -0.2) is 0 Å². The second-order valence-electron chi connectivity index (χ2n) is 5.07. The van der Waals surface area contributed by atoms with Gasteiger partial charge >= 0.3 is 6.18 Å². The van der Waals surface area contributed by atoms with Crippen LogP contribution in [0, 0.1) is 6.92 Å². The third-order valence-electron chi connectivity index (χ3n) is 3.51. The fraction of sp³-hybridized carbons (Fsp3) is 0.235. The highest BCUT2D eigenvalue weighted by atomic mass is 19.4. The van der Waals surface area contributed by atoms with Gasteiger partial charge < -0.3 is 4.79 Å². The number of halogens is 3. The molecule has 110 valence electrons. The van der Waals surface area contributed by atoms with E-state index in [4.69, 9.17) is 0 Å². The van der Waals surface area contributed by atoms with E-state index in [-0.39, 0.29) is 5.92 Å². The van der Waals surface area contributed by atoms with Crippen molar-refractivity contribution in [2.75, 3.05) is 0 Å². The van der Waals surface area contributed by atoms with Crippen molar-refractivity contribution in [2.24, 2.45) is 0 Å². The lowest BCUT2D eigenvalue weighted by Crippen LogP contribution is -2.04. The topological polar surface area (TPSA) is 17.1 Å². The van der Waals surface area contributed by atoms with Crippen molar-refractivity contribution in [3.8, 4) is 11.1 Å². The van der Waals surface area contributed by atoms with Crippen molar-refractivity contribution in [1.29, 1.82) is 0 Å². The summed E-state index contributed by atoms with van der Waals surface area (Å²) in [7, 11) is 0. The maximum atomic E-state index is 12.5. The van der Waals surface area contributed by atoms with Crippen LogP contribution in [0.5, 0.6) is 0 Å². The van der Waals surface area contributed by atoms with E-state index in [9.17, 15) is 18.0 Å². The van der Waals surface area contributed by atoms with E-state index in [0.717, 1.165) is 40.7 Å². The maximum absolute atomic E-state index is 12.5. The fourth-order valence-corrected chi connectivity index (χ4v) is 2.29. The largest absolute Gasteiger partial charge is 0.416 e. The van der Waals surface area contributed by atoms with Crippen molar-refractivity contribution in [3.05, 3.63) is 59.2 Å². The Morgan fingerprint density at radius 1 is 1.00 bits per heavy atom. The molecule has 0 bridgehead atoms. The van der Waals surface area contributed by atoms with Crippen LogP contribution in [0.2, 0.25) is 0 Å². The molecule has 1 nitrogen and oxygen atoms in total. The molecule has 1 atom stereocenters. The van der Waals surface area contributed by atoms with Crippen molar-refractivity contribution in [2.45, 2.75) is 25.9 Å². The Morgan fingerprint density at radius 3 is 2.05 bits per heavy atom. The molecule has 0 aliphatic rings. The van der Waals surface area contributed by atoms with Gasteiger partial charge in [0.15, 0.2) is 0 Å². The molecule has 2 rings (SSSR count). The molecule has 0 saturated heterocycles. The van der Waals surface area contributed by atoms with Crippen LogP contribution in [0.15, 0.2) is 42.5 Å². The zero-order valence-electron chi connectivity index (χ0n) is 11.7. The Kier molecular flexibility index (Phi) is 4.16. The number of carbonyl (C=O) groups excluding carboxylic acids is 1. The predicted octanol–water partition coefficient (Wildman–Crippen LogP) is 4.98. The third-order valence-corrected chi connectivity index (χ3v) is 3.51. The molecule has 0 fully saturated rings. The molecule has 0 saturated carbocycles. The molecule has 0 amide bonds. The average Bonchev–Trinajstić information content (AvgIpc) is 2.45. The first-order valence-electron chi connectivity index (χ1n) is 6.56. The number of aryl methyl sites for hydroxylation is 1. The predicted molar refractivity (Wildman–Crippen MR) is 76.1 cm³/mol. The van der Waals surface area contributed by atoms with E-state index < -0.39 is 11.7 Å². The van der Waals surface area contributed by atoms with Gasteiger partial charge in [-0.15, -0.1) is 0 Å². The van der Waals surface area contributed by atoms with Crippen LogP contribution in [0.3, 0.4) is 0 Å². The molecule has 0 spiro atoms. The van der Waals surface area contributed by atoms with Gasteiger partial charge in [0, 0.05) is 5.92 Å². The van der Waals surface area contributed by atoms with Crippen molar-refractivity contribution in [1.82, 2.24) is 0 Å². The van der Waals surface area contributed by atoms with Crippen molar-refractivity contribution < 1.29 is 18.0 Å². The lowest BCUT2D eigenvalue weighted by molar-refractivity contribution is -0.137. The van der Waals surface area contributed by atoms with Gasteiger partial charge in [-0.05, 0) is 41.3 Å². The summed E-state index contributed by atoms with van der Waals surface area (Å²) in [5.74, 6) is -0.188. The third kappa shape index (κ3) is 3.32. The highest BCUT2D eigenvalue weighted by Crippen LogP contribution is 2.31. The van der Waals surface area contributed by atoms with Crippen molar-refractivity contribution in [3.63, 3.8) is 0 Å². The molecule has 21 heavy (non-hydrogen) atoms. The first-order valence-corrected chi connectivity index (χ1v) is 6.56. The van der Waals surface area contributed by atoms with Gasteiger partial charge in [0.05, 0.1) is 5.56 Å². The SMILES string of the molecule is Cc1cc(-c2ccc(C(F)(F)F)cc2)ccc1C(C)C=O. The van der Waals surface area contributed by atoms with E-state index in [2.05, 4.69) is 0 Å². The maximum Gasteiger partial charge on any atom is 0.416 e. The van der Waals surface area contributed by atoms with Crippen LogP contribution in [0.4, 0.5) is 13.2 Å². The van der Waals surface area contributed by atoms with Crippen LogP contribution in [0.25, 0.3) is 11.1 Å². The minimum atomic E-state index is -4.32. The smallest absolute Gasteiger partial charge is 0.303 e. The molecule has 0 aliphatic carbocycles. The van der Waals surface area contributed by atoms with Gasteiger partial charge in [0.1, 0.15) is 6.29 Å². The first kappa shape index (κ1) is 15.3. The Labute approximate surface area is 121 Å². The number of rotatable bonds is 3. The highest BCUT2D eigenvalue weighted by molar-refractivity contribution is 5.68. The minimum absolute atomic E-state index is 0.188. The summed E-state index contributed by atoms with van der Waals surface area (Å²) in [5.41, 5.74) is 2.78. The van der Waals surface area contributed by atoms with Crippen LogP contribution in [-0.2, 0) is 11.0 Å². The summed E-state index contributed by atoms with van der Waals surface area (Å²) < 4.78 is 37.6. The van der Waals surface area contributed by atoms with Gasteiger partial charge in [0.2, 0.25) is 0 Å². The number of benzene rings is 2. The first-order chi connectivity index (χ1) is 9.82. The monoisotopic (exact) mass is 292 g/mol. The Balaban J connectivity index is 2.35. The zero-order chi connectivity index (χ0) is 15.6. The molecule has 2 aromatic carbocycles. The average molecular weight is 292 g/mol. The fourth-order valence-electron chi connectivity index (χ4n) is 2.29. The number of alkyl halides is 3. The van der Waals surface area contributed by atoms with Gasteiger partial charge in [-0.1, -0.05) is 37.3 Å². The zero-order valence-corrected chi connectivity index (χ0v) is 11.7. The number of hydrogen-bond donors (Lipinski definition) is 0. The molecule has 0 N–H and O–H groups in total. The number of carbonyl (C=O) groups is 1. The molecule has 0 heterocycles. The van der Waals surface area contributed by atoms with Gasteiger partial charge in [-0.2, -0.15) is 13.2 Å². The van der Waals surface area contributed by atoms with Crippen LogP contribution in [0.1, 0.15) is 29.5 Å². The number of hydrogen-bond acceptors (Lipinski definition) is 1. The normalized spacial score (nSPS) is 13.0. The quantitative estimate of drug-likeness (QED) is 0.729. The second-order valence-corrected chi connectivity index (χ2v) is 5.07. The van der Waals surface area contributed by atoms with E-state index in [1.807, 2.05) is 32.0 Å². The van der Waals surface area contributed by atoms with E-state index in [0.29, 0.717) is 0 Å².